The van der Waals surface area contributed by atoms with Crippen LogP contribution in [-0.4, -0.2) is 17.9 Å². The average Bonchev–Trinajstić information content (AvgIpc) is 2.70. The molecule has 0 aromatic heterocycles. The van der Waals surface area contributed by atoms with Crippen molar-refractivity contribution in [1.29, 1.82) is 0 Å². The molecule has 0 radical (unpaired) electrons. The maximum absolute atomic E-state index is 12.9. The number of aryl methyl sites for hydroxylation is 1. The first kappa shape index (κ1) is 20.2. The third-order valence-corrected chi connectivity index (χ3v) is 5.30. The molecule has 3 rings (SSSR count). The summed E-state index contributed by atoms with van der Waals surface area (Å²) in [5.41, 5.74) is 2.45. The zero-order valence-corrected chi connectivity index (χ0v) is 16.8. The molecule has 0 aliphatic heterocycles. The number of nitrogens with one attached hydrogen (secondary N) is 2. The van der Waals surface area contributed by atoms with Crippen LogP contribution in [0.15, 0.2) is 54.2 Å². The molecule has 0 unspecified atom stereocenters. The number of hydrogen-bond donors (Lipinski definition) is 2. The third-order valence-electron chi connectivity index (χ3n) is 4.95. The van der Waals surface area contributed by atoms with Gasteiger partial charge < -0.3 is 10.6 Å². The van der Waals surface area contributed by atoms with Gasteiger partial charge in [-0.2, -0.15) is 0 Å². The van der Waals surface area contributed by atoms with Crippen LogP contribution in [0, 0.1) is 6.92 Å². The largest absolute Gasteiger partial charge is 0.348 e. The molecule has 1 aliphatic carbocycles. The maximum atomic E-state index is 12.9. The zero-order chi connectivity index (χ0) is 19.9. The molecule has 2 amide bonds. The topological polar surface area (TPSA) is 58.2 Å². The predicted octanol–water partition coefficient (Wildman–Crippen LogP) is 4.87. The Morgan fingerprint density at radius 1 is 1.00 bits per heavy atom. The molecule has 0 spiro atoms. The Hall–Kier alpha value is -2.59. The van der Waals surface area contributed by atoms with Gasteiger partial charge in [0.05, 0.1) is 0 Å². The van der Waals surface area contributed by atoms with Crippen molar-refractivity contribution >= 4 is 29.5 Å². The Kier molecular flexibility index (Phi) is 6.88. The van der Waals surface area contributed by atoms with E-state index in [1.807, 2.05) is 37.3 Å². The van der Waals surface area contributed by atoms with Crippen LogP contribution in [0.2, 0.25) is 5.02 Å². The quantitative estimate of drug-likeness (QED) is 0.708. The molecule has 1 saturated carbocycles. The van der Waals surface area contributed by atoms with E-state index in [9.17, 15) is 9.59 Å². The van der Waals surface area contributed by atoms with E-state index in [2.05, 4.69) is 10.6 Å². The first-order valence-corrected chi connectivity index (χ1v) is 10.1. The SMILES string of the molecule is Cc1ccc(C(=O)NC(=Cc2ccccc2Cl)C(=O)NC2CCCCC2)cc1. The molecule has 2 aromatic rings. The van der Waals surface area contributed by atoms with Gasteiger partial charge in [0.25, 0.3) is 11.8 Å². The summed E-state index contributed by atoms with van der Waals surface area (Å²) in [6.07, 6.45) is 7.01. The maximum Gasteiger partial charge on any atom is 0.268 e. The number of carbonyl (C=O) groups excluding carboxylic acids is 2. The standard InChI is InChI=1S/C23H25ClN2O2/c1-16-11-13-17(14-12-16)22(27)26-21(15-18-7-5-6-10-20(18)24)23(28)25-19-8-3-2-4-9-19/h5-7,10-15,19H,2-4,8-9H2,1H3,(H,25,28)(H,26,27). The molecular weight excluding hydrogens is 372 g/mol. The van der Waals surface area contributed by atoms with Crippen molar-refractivity contribution in [2.24, 2.45) is 0 Å². The Morgan fingerprint density at radius 3 is 2.36 bits per heavy atom. The van der Waals surface area contributed by atoms with Crippen LogP contribution in [0.5, 0.6) is 0 Å². The summed E-state index contributed by atoms with van der Waals surface area (Å²) < 4.78 is 0. The molecule has 4 nitrogen and oxygen atoms in total. The lowest BCUT2D eigenvalue weighted by molar-refractivity contribution is -0.118. The van der Waals surface area contributed by atoms with Gasteiger partial charge in [0.2, 0.25) is 0 Å². The fourth-order valence-electron chi connectivity index (χ4n) is 3.32. The Morgan fingerprint density at radius 2 is 1.68 bits per heavy atom. The van der Waals surface area contributed by atoms with E-state index in [1.165, 1.54) is 6.42 Å². The lowest BCUT2D eigenvalue weighted by Gasteiger charge is -2.23. The van der Waals surface area contributed by atoms with Crippen LogP contribution >= 0.6 is 11.6 Å². The van der Waals surface area contributed by atoms with Crippen LogP contribution in [0.25, 0.3) is 6.08 Å². The average molecular weight is 397 g/mol. The van der Waals surface area contributed by atoms with Crippen LogP contribution in [0.3, 0.4) is 0 Å². The smallest absolute Gasteiger partial charge is 0.268 e. The summed E-state index contributed by atoms with van der Waals surface area (Å²) in [6, 6.07) is 14.6. The summed E-state index contributed by atoms with van der Waals surface area (Å²) in [6.45, 7) is 1.96. The van der Waals surface area contributed by atoms with Gasteiger partial charge in [-0.25, -0.2) is 0 Å². The van der Waals surface area contributed by atoms with Gasteiger partial charge in [-0.1, -0.05) is 66.8 Å². The molecule has 0 atom stereocenters. The molecule has 146 valence electrons. The lowest BCUT2D eigenvalue weighted by Crippen LogP contribution is -2.41. The van der Waals surface area contributed by atoms with E-state index in [1.54, 1.807) is 24.3 Å². The van der Waals surface area contributed by atoms with Gasteiger partial charge in [0.1, 0.15) is 5.70 Å². The van der Waals surface area contributed by atoms with Gasteiger partial charge in [-0.15, -0.1) is 0 Å². The van der Waals surface area contributed by atoms with Crippen LogP contribution < -0.4 is 10.6 Å². The first-order chi connectivity index (χ1) is 13.5. The molecule has 0 saturated heterocycles. The fraction of sp³-hybridized carbons (Fsp3) is 0.304. The highest BCUT2D eigenvalue weighted by atomic mass is 35.5. The van der Waals surface area contributed by atoms with Crippen molar-refractivity contribution in [3.63, 3.8) is 0 Å². The Labute approximate surface area is 171 Å². The number of halogens is 1. The highest BCUT2D eigenvalue weighted by molar-refractivity contribution is 6.32. The van der Waals surface area contributed by atoms with E-state index in [4.69, 9.17) is 11.6 Å². The number of carbonyl (C=O) groups is 2. The minimum absolute atomic E-state index is 0.146. The third kappa shape index (κ3) is 5.46. The summed E-state index contributed by atoms with van der Waals surface area (Å²) in [5, 5.41) is 6.35. The van der Waals surface area contributed by atoms with Crippen molar-refractivity contribution < 1.29 is 9.59 Å². The van der Waals surface area contributed by atoms with Gasteiger partial charge >= 0.3 is 0 Å². The zero-order valence-electron chi connectivity index (χ0n) is 16.0. The van der Waals surface area contributed by atoms with E-state index in [0.717, 1.165) is 31.2 Å². The van der Waals surface area contributed by atoms with Crippen molar-refractivity contribution in [2.75, 3.05) is 0 Å². The Balaban J connectivity index is 1.83. The molecule has 5 heteroatoms. The van der Waals surface area contributed by atoms with E-state index >= 15 is 0 Å². The van der Waals surface area contributed by atoms with Gasteiger partial charge in [-0.3, -0.25) is 9.59 Å². The van der Waals surface area contributed by atoms with Gasteiger partial charge in [-0.05, 0) is 49.6 Å². The molecule has 1 fully saturated rings. The van der Waals surface area contributed by atoms with Gasteiger partial charge in [0, 0.05) is 16.6 Å². The van der Waals surface area contributed by atoms with Crippen molar-refractivity contribution in [2.45, 2.75) is 45.1 Å². The number of hydrogen-bond acceptors (Lipinski definition) is 2. The van der Waals surface area contributed by atoms with E-state index < -0.39 is 0 Å². The van der Waals surface area contributed by atoms with Crippen molar-refractivity contribution in [3.05, 3.63) is 75.9 Å². The molecule has 0 bridgehead atoms. The minimum atomic E-state index is -0.322. The highest BCUT2D eigenvalue weighted by Gasteiger charge is 2.20. The summed E-state index contributed by atoms with van der Waals surface area (Å²) in [5.74, 6) is -0.607. The van der Waals surface area contributed by atoms with E-state index in [-0.39, 0.29) is 23.6 Å². The fourth-order valence-corrected chi connectivity index (χ4v) is 3.51. The van der Waals surface area contributed by atoms with Crippen molar-refractivity contribution in [1.82, 2.24) is 10.6 Å². The molecule has 0 heterocycles. The monoisotopic (exact) mass is 396 g/mol. The predicted molar refractivity (Wildman–Crippen MR) is 113 cm³/mol. The van der Waals surface area contributed by atoms with Crippen LogP contribution in [0.1, 0.15) is 53.6 Å². The molecule has 1 aliphatic rings. The summed E-state index contributed by atoms with van der Waals surface area (Å²) >= 11 is 6.25. The number of rotatable bonds is 5. The molecule has 28 heavy (non-hydrogen) atoms. The normalized spacial score (nSPS) is 15.1. The lowest BCUT2D eigenvalue weighted by atomic mass is 9.95. The Bertz CT molecular complexity index is 868. The molecular formula is C23H25ClN2O2. The second-order valence-electron chi connectivity index (χ2n) is 7.21. The van der Waals surface area contributed by atoms with Crippen molar-refractivity contribution in [3.8, 4) is 0 Å². The van der Waals surface area contributed by atoms with Crippen LogP contribution in [-0.2, 0) is 4.79 Å². The van der Waals surface area contributed by atoms with Gasteiger partial charge in [0.15, 0.2) is 0 Å². The second-order valence-corrected chi connectivity index (χ2v) is 7.62. The summed E-state index contributed by atoms with van der Waals surface area (Å²) in [4.78, 5) is 25.6. The van der Waals surface area contributed by atoms with Crippen LogP contribution in [0.4, 0.5) is 0 Å². The number of benzene rings is 2. The minimum Gasteiger partial charge on any atom is -0.348 e. The second kappa shape index (κ2) is 9.56. The molecule has 2 N–H and O–H groups in total. The summed E-state index contributed by atoms with van der Waals surface area (Å²) in [7, 11) is 0. The first-order valence-electron chi connectivity index (χ1n) is 9.68. The molecule has 2 aromatic carbocycles. The number of amides is 2. The van der Waals surface area contributed by atoms with E-state index in [0.29, 0.717) is 16.1 Å². The highest BCUT2D eigenvalue weighted by Crippen LogP contribution is 2.20.